The second-order valence-electron chi connectivity index (χ2n) is 3.11. The maximum Gasteiger partial charge on any atom is 0.221 e. The van der Waals surface area contributed by atoms with Crippen LogP contribution in [0.2, 0.25) is 0 Å². The van der Waals surface area contributed by atoms with E-state index in [0.717, 1.165) is 0 Å². The Balaban J connectivity index is 4.53. The summed E-state index contributed by atoms with van der Waals surface area (Å²) in [6.07, 6.45) is 0.222. The number of nitrogens with one attached hydrogen (secondary N) is 1. The smallest absolute Gasteiger partial charge is 0.221 e. The van der Waals surface area contributed by atoms with Crippen LogP contribution in [0.5, 0.6) is 0 Å². The first-order chi connectivity index (χ1) is 7.10. The zero-order valence-electron chi connectivity index (χ0n) is 8.71. The van der Waals surface area contributed by atoms with Crippen molar-refractivity contribution in [2.75, 3.05) is 12.3 Å². The summed E-state index contributed by atoms with van der Waals surface area (Å²) in [7, 11) is -7.42. The van der Waals surface area contributed by atoms with Gasteiger partial charge in [-0.05, 0) is 6.42 Å². The predicted octanol–water partition coefficient (Wildman–Crippen LogP) is -1.74. The Morgan fingerprint density at radius 1 is 1.38 bits per heavy atom. The largest absolute Gasteiger partial charge is 0.392 e. The van der Waals surface area contributed by atoms with Gasteiger partial charge < -0.3 is 5.73 Å². The summed E-state index contributed by atoms with van der Waals surface area (Å²) in [6, 6.07) is 0. The molecule has 0 spiro atoms. The van der Waals surface area contributed by atoms with Gasteiger partial charge >= 0.3 is 0 Å². The summed E-state index contributed by atoms with van der Waals surface area (Å²) in [4.78, 5) is -0.148. The van der Waals surface area contributed by atoms with Crippen LogP contribution >= 0.6 is 12.2 Å². The first-order valence-corrected chi connectivity index (χ1v) is 8.05. The summed E-state index contributed by atoms with van der Waals surface area (Å²) >= 11 is 4.60. The van der Waals surface area contributed by atoms with Gasteiger partial charge in [0.25, 0.3) is 0 Å². The maximum atomic E-state index is 11.6. The molecule has 0 aliphatic rings. The molecule has 0 saturated heterocycles. The van der Waals surface area contributed by atoms with Gasteiger partial charge in [0.15, 0.2) is 0 Å². The van der Waals surface area contributed by atoms with E-state index >= 15 is 0 Å². The highest BCUT2D eigenvalue weighted by Crippen LogP contribution is 2.04. The molecule has 1 unspecified atom stereocenters. The molecule has 0 saturated carbocycles. The van der Waals surface area contributed by atoms with Gasteiger partial charge in [0.2, 0.25) is 20.0 Å². The highest BCUT2D eigenvalue weighted by atomic mass is 32.2. The summed E-state index contributed by atoms with van der Waals surface area (Å²) in [5, 5.41) is 3.72. The van der Waals surface area contributed by atoms with Crippen molar-refractivity contribution in [1.82, 2.24) is 4.72 Å². The molecule has 0 aliphatic heterocycles. The van der Waals surface area contributed by atoms with Crippen molar-refractivity contribution in [3.05, 3.63) is 0 Å². The zero-order valence-corrected chi connectivity index (χ0v) is 11.2. The Morgan fingerprint density at radius 3 is 2.19 bits per heavy atom. The first kappa shape index (κ1) is 15.7. The number of thiocarbonyl (C=S) groups is 1. The van der Waals surface area contributed by atoms with Crippen LogP contribution < -0.4 is 15.6 Å². The van der Waals surface area contributed by atoms with Crippen molar-refractivity contribution < 1.29 is 16.8 Å². The van der Waals surface area contributed by atoms with Crippen molar-refractivity contribution in [3.63, 3.8) is 0 Å². The van der Waals surface area contributed by atoms with Crippen LogP contribution in [0.3, 0.4) is 0 Å². The van der Waals surface area contributed by atoms with Crippen LogP contribution in [0.15, 0.2) is 0 Å². The van der Waals surface area contributed by atoms with Gasteiger partial charge in [-0.1, -0.05) is 19.1 Å². The number of hydrogen-bond donors (Lipinski definition) is 3. The van der Waals surface area contributed by atoms with Gasteiger partial charge in [0, 0.05) is 6.54 Å². The van der Waals surface area contributed by atoms with E-state index in [9.17, 15) is 16.8 Å². The van der Waals surface area contributed by atoms with Gasteiger partial charge in [0.1, 0.15) is 5.25 Å². The molecular formula is C6H15N3O4S3. The quantitative estimate of drug-likeness (QED) is 0.476. The summed E-state index contributed by atoms with van der Waals surface area (Å²) in [5.41, 5.74) is 5.26. The molecule has 96 valence electrons. The molecule has 16 heavy (non-hydrogen) atoms. The molecule has 10 heteroatoms. The first-order valence-electron chi connectivity index (χ1n) is 4.38. The van der Waals surface area contributed by atoms with E-state index in [4.69, 9.17) is 10.9 Å². The predicted molar refractivity (Wildman–Crippen MR) is 65.8 cm³/mol. The molecule has 0 bridgehead atoms. The number of hydrogen-bond acceptors (Lipinski definition) is 5. The zero-order chi connectivity index (χ0) is 13.0. The lowest BCUT2D eigenvalue weighted by Crippen LogP contribution is -2.43. The van der Waals surface area contributed by atoms with Crippen LogP contribution in [-0.2, 0) is 20.0 Å². The third kappa shape index (κ3) is 5.70. The fourth-order valence-corrected chi connectivity index (χ4v) is 3.40. The molecule has 0 amide bonds. The lowest BCUT2D eigenvalue weighted by Gasteiger charge is -2.14. The maximum absolute atomic E-state index is 11.6. The number of nitrogens with two attached hydrogens (primary N) is 2. The minimum absolute atomic E-state index is 0.148. The van der Waals surface area contributed by atoms with Crippen LogP contribution in [0.25, 0.3) is 0 Å². The van der Waals surface area contributed by atoms with Crippen LogP contribution in [0.4, 0.5) is 0 Å². The van der Waals surface area contributed by atoms with E-state index in [1.807, 2.05) is 0 Å². The van der Waals surface area contributed by atoms with Crippen molar-refractivity contribution in [2.45, 2.75) is 18.6 Å². The molecule has 0 rings (SSSR count). The Bertz CT molecular complexity index is 442. The minimum Gasteiger partial charge on any atom is -0.392 e. The molecule has 7 nitrogen and oxygen atoms in total. The molecular weight excluding hydrogens is 274 g/mol. The molecule has 0 radical (unpaired) electrons. The average molecular weight is 289 g/mol. The third-order valence-electron chi connectivity index (χ3n) is 1.75. The van der Waals surface area contributed by atoms with Crippen LogP contribution in [-0.4, -0.2) is 39.4 Å². The second-order valence-corrected chi connectivity index (χ2v) is 7.26. The van der Waals surface area contributed by atoms with Crippen molar-refractivity contribution >= 4 is 37.3 Å². The van der Waals surface area contributed by atoms with Gasteiger partial charge in [-0.15, -0.1) is 0 Å². The van der Waals surface area contributed by atoms with Crippen LogP contribution in [0.1, 0.15) is 13.3 Å². The standard InChI is InChI=1S/C6H15N3O4S3/c1-2-5(6(7)14)16(12,13)9-3-4-15(8,10)11/h5,9H,2-4H2,1H3,(H2,7,14)(H2,8,10,11). The van der Waals surface area contributed by atoms with Crippen molar-refractivity contribution in [1.29, 1.82) is 0 Å². The van der Waals surface area contributed by atoms with Gasteiger partial charge in [0.05, 0.1) is 10.7 Å². The molecule has 0 aliphatic carbocycles. The summed E-state index contributed by atoms with van der Waals surface area (Å²) in [5.74, 6) is -0.472. The average Bonchev–Trinajstić information content (AvgIpc) is 1.99. The Labute approximate surface area is 101 Å². The van der Waals surface area contributed by atoms with E-state index in [1.54, 1.807) is 6.92 Å². The third-order valence-corrected chi connectivity index (χ3v) is 4.90. The lowest BCUT2D eigenvalue weighted by molar-refractivity contribution is 0.575. The Hall–Kier alpha value is -0.290. The van der Waals surface area contributed by atoms with Gasteiger partial charge in [-0.3, -0.25) is 0 Å². The number of sulfonamides is 2. The Kier molecular flexibility index (Phi) is 5.76. The minimum atomic E-state index is -3.73. The van der Waals surface area contributed by atoms with Gasteiger partial charge in [-0.25, -0.2) is 26.7 Å². The molecule has 0 aromatic carbocycles. The van der Waals surface area contributed by atoms with E-state index in [0.29, 0.717) is 0 Å². The molecule has 5 N–H and O–H groups in total. The van der Waals surface area contributed by atoms with Gasteiger partial charge in [-0.2, -0.15) is 0 Å². The Morgan fingerprint density at radius 2 is 1.88 bits per heavy atom. The fourth-order valence-electron chi connectivity index (χ4n) is 1.00. The number of rotatable bonds is 7. The highest BCUT2D eigenvalue weighted by Gasteiger charge is 2.26. The van der Waals surface area contributed by atoms with E-state index in [1.165, 1.54) is 0 Å². The molecule has 0 heterocycles. The molecule has 0 aromatic rings. The molecule has 0 aromatic heterocycles. The topological polar surface area (TPSA) is 132 Å². The monoisotopic (exact) mass is 289 g/mol. The second kappa shape index (κ2) is 5.87. The molecule has 1 atom stereocenters. The van der Waals surface area contributed by atoms with E-state index in [2.05, 4.69) is 16.9 Å². The van der Waals surface area contributed by atoms with Crippen molar-refractivity contribution in [2.24, 2.45) is 10.9 Å². The van der Waals surface area contributed by atoms with Crippen LogP contribution in [0, 0.1) is 0 Å². The van der Waals surface area contributed by atoms with E-state index in [-0.39, 0.29) is 18.0 Å². The summed E-state index contributed by atoms with van der Waals surface area (Å²) in [6.45, 7) is 1.32. The van der Waals surface area contributed by atoms with Crippen molar-refractivity contribution in [3.8, 4) is 0 Å². The number of primary sulfonamides is 1. The normalized spacial score (nSPS) is 14.6. The molecule has 0 fully saturated rings. The summed E-state index contributed by atoms with van der Waals surface area (Å²) < 4.78 is 46.4. The SMILES string of the molecule is CCC(C(N)=S)S(=O)(=O)NCCS(N)(=O)=O. The highest BCUT2D eigenvalue weighted by molar-refractivity contribution is 7.93. The van der Waals surface area contributed by atoms with E-state index < -0.39 is 31.0 Å². The fraction of sp³-hybridized carbons (Fsp3) is 0.833. The lowest BCUT2D eigenvalue weighted by atomic mass is 10.3.